The van der Waals surface area contributed by atoms with Gasteiger partial charge in [0, 0.05) is 0 Å². The van der Waals surface area contributed by atoms with Crippen LogP contribution in [0.4, 0.5) is 5.13 Å². The van der Waals surface area contributed by atoms with Crippen molar-refractivity contribution in [2.75, 3.05) is 4.72 Å². The molecule has 1 aromatic heterocycles. The molecule has 0 bridgehead atoms. The van der Waals surface area contributed by atoms with Gasteiger partial charge in [-0.05, 0) is 30.5 Å². The summed E-state index contributed by atoms with van der Waals surface area (Å²) in [6.07, 6.45) is 13.7. The fourth-order valence-corrected chi connectivity index (χ4v) is 5.76. The fourth-order valence-electron chi connectivity index (χ4n) is 3.19. The van der Waals surface area contributed by atoms with E-state index in [9.17, 15) is 16.8 Å². The van der Waals surface area contributed by atoms with Crippen molar-refractivity contribution in [3.05, 3.63) is 29.8 Å². The molecule has 0 aliphatic carbocycles. The zero-order valence-corrected chi connectivity index (χ0v) is 20.4. The lowest BCUT2D eigenvalue weighted by Gasteiger charge is -2.06. The number of benzene rings is 1. The van der Waals surface area contributed by atoms with Gasteiger partial charge in [-0.15, -0.1) is 10.2 Å². The maximum atomic E-state index is 12.5. The number of aromatic nitrogens is 2. The Balaban J connectivity index is 1.74. The molecule has 0 saturated heterocycles. The molecule has 0 aliphatic rings. The van der Waals surface area contributed by atoms with E-state index in [0.29, 0.717) is 11.3 Å². The summed E-state index contributed by atoms with van der Waals surface area (Å²) in [6.45, 7) is 2.23. The van der Waals surface area contributed by atoms with E-state index in [1.54, 1.807) is 12.1 Å². The van der Waals surface area contributed by atoms with Crippen molar-refractivity contribution in [2.45, 2.75) is 86.8 Å². The minimum atomic E-state index is -4.02. The average molecular weight is 489 g/mol. The molecule has 0 unspecified atom stereocenters. The molecule has 0 spiro atoms. The first-order valence-corrected chi connectivity index (χ1v) is 14.5. The van der Waals surface area contributed by atoms with E-state index in [1.165, 1.54) is 69.9 Å². The molecule has 8 nitrogen and oxygen atoms in total. The molecule has 0 aliphatic heterocycles. The first-order valence-electron chi connectivity index (χ1n) is 10.7. The number of nitrogens with zero attached hydrogens (tertiary/aromatic N) is 2. The van der Waals surface area contributed by atoms with Gasteiger partial charge in [-0.2, -0.15) is 0 Å². The Morgan fingerprint density at radius 3 is 1.90 bits per heavy atom. The van der Waals surface area contributed by atoms with E-state index in [1.807, 2.05) is 0 Å². The minimum Gasteiger partial charge on any atom is -0.253 e. The number of hydrogen-bond acceptors (Lipinski definition) is 7. The SMILES string of the molecule is CCCCCCCCCCCCc1ccc(S(=O)(=O)Nc2nnc(S(N)(=O)=O)s2)cc1. The van der Waals surface area contributed by atoms with E-state index < -0.39 is 24.4 Å². The van der Waals surface area contributed by atoms with Crippen LogP contribution in [0.1, 0.15) is 76.7 Å². The largest absolute Gasteiger partial charge is 0.267 e. The molecule has 0 amide bonds. The summed E-state index contributed by atoms with van der Waals surface area (Å²) >= 11 is 0.563. The summed E-state index contributed by atoms with van der Waals surface area (Å²) < 4.78 is 49.2. The predicted octanol–water partition coefficient (Wildman–Crippen LogP) is 4.45. The highest BCUT2D eigenvalue weighted by atomic mass is 32.2. The molecule has 1 heterocycles. The molecule has 3 N–H and O–H groups in total. The van der Waals surface area contributed by atoms with Crippen molar-refractivity contribution in [1.82, 2.24) is 10.2 Å². The molecule has 11 heteroatoms. The topological polar surface area (TPSA) is 132 Å². The number of nitrogens with one attached hydrogen (secondary N) is 1. The van der Waals surface area contributed by atoms with E-state index >= 15 is 0 Å². The molecular weight excluding hydrogens is 456 g/mol. The number of hydrogen-bond donors (Lipinski definition) is 2. The first-order chi connectivity index (χ1) is 14.7. The minimum absolute atomic E-state index is 0.0756. The number of rotatable bonds is 15. The first kappa shape index (κ1) is 25.7. The van der Waals surface area contributed by atoms with E-state index in [2.05, 4.69) is 21.8 Å². The lowest BCUT2D eigenvalue weighted by atomic mass is 10.0. The predicted molar refractivity (Wildman–Crippen MR) is 124 cm³/mol. The summed E-state index contributed by atoms with van der Waals surface area (Å²) in [4.78, 5) is 0.0756. The summed E-state index contributed by atoms with van der Waals surface area (Å²) in [5.41, 5.74) is 1.09. The van der Waals surface area contributed by atoms with E-state index in [4.69, 9.17) is 5.14 Å². The third kappa shape index (κ3) is 9.22. The van der Waals surface area contributed by atoms with Crippen LogP contribution in [0.3, 0.4) is 0 Å². The van der Waals surface area contributed by atoms with Crippen molar-refractivity contribution in [1.29, 1.82) is 0 Å². The highest BCUT2D eigenvalue weighted by Crippen LogP contribution is 2.22. The van der Waals surface area contributed by atoms with E-state index in [0.717, 1.165) is 18.4 Å². The number of primary sulfonamides is 1. The Labute approximate surface area is 189 Å². The Morgan fingerprint density at radius 1 is 0.839 bits per heavy atom. The van der Waals surface area contributed by atoms with Crippen LogP contribution >= 0.6 is 11.3 Å². The van der Waals surface area contributed by atoms with Gasteiger partial charge >= 0.3 is 0 Å². The van der Waals surface area contributed by atoms with Crippen LogP contribution in [-0.4, -0.2) is 27.0 Å². The maximum Gasteiger partial charge on any atom is 0.267 e. The van der Waals surface area contributed by atoms with Gasteiger partial charge in [0.25, 0.3) is 20.0 Å². The smallest absolute Gasteiger partial charge is 0.253 e. The van der Waals surface area contributed by atoms with Crippen LogP contribution in [0.15, 0.2) is 33.5 Å². The third-order valence-electron chi connectivity index (χ3n) is 4.92. The lowest BCUT2D eigenvalue weighted by molar-refractivity contribution is 0.556. The molecule has 0 atom stereocenters. The summed E-state index contributed by atoms with van der Waals surface area (Å²) in [6, 6.07) is 6.68. The number of aryl methyl sites for hydroxylation is 1. The molecule has 174 valence electrons. The normalized spacial score (nSPS) is 12.2. The molecule has 31 heavy (non-hydrogen) atoms. The van der Waals surface area contributed by atoms with Crippen LogP contribution < -0.4 is 9.86 Å². The number of unbranched alkanes of at least 4 members (excludes halogenated alkanes) is 9. The standard InChI is InChI=1S/C20H32N4O4S3/c1-2-3-4-5-6-7-8-9-10-11-12-17-13-15-18(16-14-17)31(27,28)24-19-22-23-20(29-19)30(21,25)26/h13-16H,2-12H2,1H3,(H,22,24)(H2,21,25,26). The van der Waals surface area contributed by atoms with Crippen molar-refractivity contribution < 1.29 is 16.8 Å². The van der Waals surface area contributed by atoms with Crippen LogP contribution in [0.5, 0.6) is 0 Å². The van der Waals surface area contributed by atoms with Gasteiger partial charge in [0.15, 0.2) is 0 Å². The fraction of sp³-hybridized carbons (Fsp3) is 0.600. The Morgan fingerprint density at radius 2 is 1.39 bits per heavy atom. The number of sulfonamides is 2. The van der Waals surface area contributed by atoms with Crippen molar-refractivity contribution in [3.63, 3.8) is 0 Å². The van der Waals surface area contributed by atoms with Gasteiger partial charge in [0.2, 0.25) is 9.47 Å². The van der Waals surface area contributed by atoms with Crippen LogP contribution in [0.2, 0.25) is 0 Å². The quantitative estimate of drug-likeness (QED) is 0.356. The van der Waals surface area contributed by atoms with Crippen LogP contribution in [-0.2, 0) is 26.5 Å². The Kier molecular flexibility index (Phi) is 10.3. The zero-order valence-electron chi connectivity index (χ0n) is 17.9. The zero-order chi connectivity index (χ0) is 22.7. The van der Waals surface area contributed by atoms with Crippen molar-refractivity contribution in [2.24, 2.45) is 5.14 Å². The van der Waals surface area contributed by atoms with Gasteiger partial charge in [-0.3, -0.25) is 4.72 Å². The van der Waals surface area contributed by atoms with Crippen LogP contribution in [0, 0.1) is 0 Å². The molecule has 0 radical (unpaired) electrons. The van der Waals surface area contributed by atoms with Gasteiger partial charge < -0.3 is 0 Å². The molecule has 1 aromatic carbocycles. The second-order valence-corrected chi connectivity index (χ2v) is 12.0. The highest BCUT2D eigenvalue weighted by Gasteiger charge is 2.20. The summed E-state index contributed by atoms with van der Waals surface area (Å²) in [7, 11) is -7.90. The lowest BCUT2D eigenvalue weighted by Crippen LogP contribution is -2.12. The molecule has 0 saturated carbocycles. The maximum absolute atomic E-state index is 12.5. The second-order valence-electron chi connectivity index (χ2n) is 7.60. The van der Waals surface area contributed by atoms with Gasteiger partial charge in [-0.1, -0.05) is 88.2 Å². The third-order valence-corrected chi connectivity index (χ3v) is 8.56. The van der Waals surface area contributed by atoms with Gasteiger partial charge in [0.05, 0.1) is 4.90 Å². The van der Waals surface area contributed by atoms with Gasteiger partial charge in [-0.25, -0.2) is 22.0 Å². The van der Waals surface area contributed by atoms with Gasteiger partial charge in [0.1, 0.15) is 0 Å². The Hall–Kier alpha value is -1.56. The molecular formula is C20H32N4O4S3. The highest BCUT2D eigenvalue weighted by molar-refractivity contribution is 7.93. The average Bonchev–Trinajstić information content (AvgIpc) is 3.18. The summed E-state index contributed by atoms with van der Waals surface area (Å²) in [5, 5.41) is 11.7. The second kappa shape index (κ2) is 12.5. The Bertz CT molecular complexity index is 1000. The van der Waals surface area contributed by atoms with Crippen LogP contribution in [0.25, 0.3) is 0 Å². The summed E-state index contributed by atoms with van der Waals surface area (Å²) in [5.74, 6) is 0. The monoisotopic (exact) mass is 488 g/mol. The number of nitrogens with two attached hydrogens (primary N) is 1. The molecule has 0 fully saturated rings. The number of anilines is 1. The molecule has 2 rings (SSSR count). The van der Waals surface area contributed by atoms with Crippen molar-refractivity contribution in [3.8, 4) is 0 Å². The molecule has 2 aromatic rings. The van der Waals surface area contributed by atoms with Crippen molar-refractivity contribution >= 4 is 36.5 Å². The van der Waals surface area contributed by atoms with E-state index in [-0.39, 0.29) is 10.0 Å².